The minimum Gasteiger partial charge on any atom is -0.337 e. The number of hydrogen-bond acceptors (Lipinski definition) is 4. The molecule has 3 N–H and O–H groups in total. The van der Waals surface area contributed by atoms with Crippen LogP contribution in [-0.2, 0) is 16.1 Å². The van der Waals surface area contributed by atoms with Gasteiger partial charge in [-0.1, -0.05) is 18.2 Å². The normalized spacial score (nSPS) is 12.6. The van der Waals surface area contributed by atoms with E-state index in [2.05, 4.69) is 11.9 Å². The molecule has 5 heteroatoms. The number of hydrazine groups is 1. The van der Waals surface area contributed by atoms with Crippen molar-refractivity contribution in [3.05, 3.63) is 29.8 Å². The van der Waals surface area contributed by atoms with Gasteiger partial charge in [-0.25, -0.2) is 5.84 Å². The average molecular weight is 196 g/mol. The van der Waals surface area contributed by atoms with Gasteiger partial charge >= 0.3 is 0 Å². The maximum atomic E-state index is 8.94. The van der Waals surface area contributed by atoms with Gasteiger partial charge in [0.1, 0.15) is 0 Å². The average Bonchev–Trinajstić information content (AvgIpc) is 2.30. The summed E-state index contributed by atoms with van der Waals surface area (Å²) in [4.78, 5) is 18.7. The van der Waals surface area contributed by atoms with Crippen molar-refractivity contribution < 1.29 is 14.6 Å². The van der Waals surface area contributed by atoms with Crippen molar-refractivity contribution in [2.75, 3.05) is 6.61 Å². The number of nitrogens with two attached hydrogens (primary N) is 1. The molecular formula is C9H12N2O3. The maximum absolute atomic E-state index is 8.94. The molecule has 0 saturated heterocycles. The van der Waals surface area contributed by atoms with Crippen molar-refractivity contribution in [2.45, 2.75) is 6.42 Å². The second-order valence-corrected chi connectivity index (χ2v) is 2.55. The smallest absolute Gasteiger partial charge is 0.221 e. The third-order valence-electron chi connectivity index (χ3n) is 1.64. The summed E-state index contributed by atoms with van der Waals surface area (Å²) in [5, 5.41) is 0. The third-order valence-corrected chi connectivity index (χ3v) is 1.64. The largest absolute Gasteiger partial charge is 0.337 e. The zero-order valence-corrected chi connectivity index (χ0v) is 7.60. The lowest BCUT2D eigenvalue weighted by Gasteiger charge is -2.14. The van der Waals surface area contributed by atoms with Crippen LogP contribution >= 0.6 is 0 Å². The second kappa shape index (κ2) is 5.95. The number of rotatable bonds is 1. The Morgan fingerprint density at radius 2 is 2.14 bits per heavy atom. The molecule has 0 aromatic heterocycles. The fourth-order valence-corrected chi connectivity index (χ4v) is 1.05. The van der Waals surface area contributed by atoms with Gasteiger partial charge in [0.25, 0.3) is 0 Å². The van der Waals surface area contributed by atoms with Crippen molar-refractivity contribution >= 4 is 6.41 Å². The van der Waals surface area contributed by atoms with Gasteiger partial charge < -0.3 is 4.89 Å². The van der Waals surface area contributed by atoms with Gasteiger partial charge in [-0.05, 0) is 6.07 Å². The van der Waals surface area contributed by atoms with Crippen molar-refractivity contribution in [2.24, 2.45) is 5.84 Å². The van der Waals surface area contributed by atoms with Gasteiger partial charge in [0, 0.05) is 12.0 Å². The molecule has 76 valence electrons. The molecule has 0 fully saturated rings. The predicted octanol–water partition coefficient (Wildman–Crippen LogP) is 0.159. The van der Waals surface area contributed by atoms with Crippen LogP contribution in [-0.4, -0.2) is 13.0 Å². The Morgan fingerprint density at radius 1 is 1.43 bits per heavy atom. The minimum absolute atomic E-state index is 0.403. The first-order valence-corrected chi connectivity index (χ1v) is 4.15. The molecule has 0 radical (unpaired) electrons. The third kappa shape index (κ3) is 3.04. The molecule has 5 nitrogen and oxygen atoms in total. The van der Waals surface area contributed by atoms with E-state index in [1.54, 1.807) is 5.43 Å². The van der Waals surface area contributed by atoms with Crippen LogP contribution in [0.15, 0.2) is 24.3 Å². The van der Waals surface area contributed by atoms with E-state index in [4.69, 9.17) is 14.6 Å². The predicted molar refractivity (Wildman–Crippen MR) is 50.1 cm³/mol. The molecule has 0 spiro atoms. The molecule has 2 rings (SSSR count). The van der Waals surface area contributed by atoms with Crippen LogP contribution in [0.3, 0.4) is 0 Å². The number of carbonyl (C=O) groups excluding carboxylic acids is 1. The van der Waals surface area contributed by atoms with Crippen LogP contribution in [0.1, 0.15) is 5.56 Å². The van der Waals surface area contributed by atoms with Crippen LogP contribution in [0, 0.1) is 0 Å². The molecule has 0 bridgehead atoms. The molecule has 0 aliphatic carbocycles. The number of para-hydroxylation sites is 1. The lowest BCUT2D eigenvalue weighted by Crippen LogP contribution is -2.18. The number of carbonyl (C=O) groups is 1. The Labute approximate surface area is 81.7 Å². The van der Waals surface area contributed by atoms with Gasteiger partial charge in [-0.2, -0.15) is 4.89 Å². The summed E-state index contributed by atoms with van der Waals surface area (Å²) in [5.41, 5.74) is 2.98. The zero-order valence-electron chi connectivity index (χ0n) is 7.60. The van der Waals surface area contributed by atoms with Crippen LogP contribution < -0.4 is 16.2 Å². The molecule has 0 unspecified atom stereocenters. The first-order chi connectivity index (χ1) is 6.88. The summed E-state index contributed by atoms with van der Waals surface area (Å²) in [5.74, 6) is 5.27. The van der Waals surface area contributed by atoms with E-state index in [1.807, 2.05) is 18.2 Å². The Morgan fingerprint density at radius 3 is 2.79 bits per heavy atom. The summed E-state index contributed by atoms with van der Waals surface area (Å²) in [6.45, 7) is 0.664. The fourth-order valence-electron chi connectivity index (χ4n) is 1.05. The molecule has 14 heavy (non-hydrogen) atoms. The molecule has 0 saturated carbocycles. The molecule has 1 heterocycles. The summed E-state index contributed by atoms with van der Waals surface area (Å²) in [6.07, 6.45) is 1.36. The Hall–Kier alpha value is -1.59. The lowest BCUT2D eigenvalue weighted by molar-refractivity contribution is -0.215. The Bertz CT molecular complexity index is 266. The first kappa shape index (κ1) is 10.5. The highest BCUT2D eigenvalue weighted by Crippen LogP contribution is 2.21. The molecule has 0 atom stereocenters. The van der Waals surface area contributed by atoms with Crippen molar-refractivity contribution in [3.8, 4) is 5.75 Å². The minimum atomic E-state index is 0.403. The molecule has 1 aromatic carbocycles. The molecular weight excluding hydrogens is 184 g/mol. The van der Waals surface area contributed by atoms with Crippen LogP contribution in [0.5, 0.6) is 5.75 Å². The van der Waals surface area contributed by atoms with Gasteiger partial charge in [0.05, 0.1) is 6.61 Å². The Kier molecular flexibility index (Phi) is 4.46. The molecule has 1 aliphatic heterocycles. The summed E-state index contributed by atoms with van der Waals surface area (Å²) in [7, 11) is 0. The fraction of sp³-hybridized carbons (Fsp3) is 0.222. The Balaban J connectivity index is 0.000000213. The van der Waals surface area contributed by atoms with Crippen molar-refractivity contribution in [1.29, 1.82) is 0 Å². The van der Waals surface area contributed by atoms with Crippen molar-refractivity contribution in [3.63, 3.8) is 0 Å². The molecule has 1 aromatic rings. The quantitative estimate of drug-likeness (QED) is 0.220. The number of nitrogens with one attached hydrogen (secondary N) is 1. The number of hydrogen-bond donors (Lipinski definition) is 2. The number of benzene rings is 1. The highest BCUT2D eigenvalue weighted by molar-refractivity contribution is 5.44. The van der Waals surface area contributed by atoms with Gasteiger partial charge in [0.2, 0.25) is 6.41 Å². The highest BCUT2D eigenvalue weighted by atomic mass is 17.2. The second-order valence-electron chi connectivity index (χ2n) is 2.55. The van der Waals surface area contributed by atoms with Gasteiger partial charge in [-0.15, -0.1) is 0 Å². The SMILES string of the molecule is NNC=O.c1ccc2c(c1)CCOO2. The summed E-state index contributed by atoms with van der Waals surface area (Å²) >= 11 is 0. The van der Waals surface area contributed by atoms with Crippen LogP contribution in [0.4, 0.5) is 0 Å². The highest BCUT2D eigenvalue weighted by Gasteiger charge is 2.08. The standard InChI is InChI=1S/C8H8O2.CH4N2O/c1-2-4-8-7(3-1)5-6-9-10-8;2-3-1-4/h1-4H,5-6H2;1H,2H2,(H,3,4). The topological polar surface area (TPSA) is 73.6 Å². The van der Waals surface area contributed by atoms with Crippen molar-refractivity contribution in [1.82, 2.24) is 5.43 Å². The summed E-state index contributed by atoms with van der Waals surface area (Å²) < 4.78 is 0. The molecule has 1 amide bonds. The van der Waals surface area contributed by atoms with Gasteiger partial charge in [-0.3, -0.25) is 10.2 Å². The zero-order chi connectivity index (χ0) is 10.2. The first-order valence-electron chi connectivity index (χ1n) is 4.15. The lowest BCUT2D eigenvalue weighted by atomic mass is 10.1. The molecule has 1 aliphatic rings. The van der Waals surface area contributed by atoms with E-state index >= 15 is 0 Å². The number of fused-ring (bicyclic) bond motifs is 1. The van der Waals surface area contributed by atoms with E-state index in [0.717, 1.165) is 12.2 Å². The number of amides is 1. The van der Waals surface area contributed by atoms with Crippen LogP contribution in [0.25, 0.3) is 0 Å². The van der Waals surface area contributed by atoms with E-state index in [0.29, 0.717) is 13.0 Å². The van der Waals surface area contributed by atoms with Crippen LogP contribution in [0.2, 0.25) is 0 Å². The maximum Gasteiger partial charge on any atom is 0.221 e. The monoisotopic (exact) mass is 196 g/mol. The van der Waals surface area contributed by atoms with Gasteiger partial charge in [0.15, 0.2) is 5.75 Å². The van der Waals surface area contributed by atoms with E-state index in [1.165, 1.54) is 5.56 Å². The van der Waals surface area contributed by atoms with E-state index in [-0.39, 0.29) is 0 Å². The summed E-state index contributed by atoms with van der Waals surface area (Å²) in [6, 6.07) is 7.91. The van der Waals surface area contributed by atoms with E-state index < -0.39 is 0 Å². The van der Waals surface area contributed by atoms with E-state index in [9.17, 15) is 0 Å².